The molecular weight excluding hydrogens is 465 g/mol. The minimum absolute atomic E-state index is 0.0350. The third-order valence-electron chi connectivity index (χ3n) is 4.75. The number of hydrogen-bond acceptors (Lipinski definition) is 6. The van der Waals surface area contributed by atoms with Gasteiger partial charge in [-0.2, -0.15) is 0 Å². The molecule has 0 heterocycles. The molecule has 1 aromatic carbocycles. The Labute approximate surface area is 215 Å². The van der Waals surface area contributed by atoms with Crippen molar-refractivity contribution in [2.24, 2.45) is 5.92 Å². The number of aryl methyl sites for hydroxylation is 1. The van der Waals surface area contributed by atoms with E-state index in [9.17, 15) is 18.8 Å². The van der Waals surface area contributed by atoms with Gasteiger partial charge in [0.15, 0.2) is 0 Å². The van der Waals surface area contributed by atoms with Crippen molar-refractivity contribution in [3.8, 4) is 0 Å². The third kappa shape index (κ3) is 13.4. The van der Waals surface area contributed by atoms with Gasteiger partial charge in [0, 0.05) is 0 Å². The van der Waals surface area contributed by atoms with Crippen molar-refractivity contribution in [3.63, 3.8) is 0 Å². The molecule has 0 saturated heterocycles. The molecule has 1 N–H and O–H groups in total. The van der Waals surface area contributed by atoms with Gasteiger partial charge in [-0.15, -0.1) is 0 Å². The second-order valence-electron chi connectivity index (χ2n) is 12.0. The Morgan fingerprint density at radius 1 is 0.778 bits per heavy atom. The van der Waals surface area contributed by atoms with Crippen LogP contribution in [0.4, 0.5) is 9.18 Å². The van der Waals surface area contributed by atoms with Crippen molar-refractivity contribution >= 4 is 18.0 Å². The van der Waals surface area contributed by atoms with Gasteiger partial charge in [0.05, 0.1) is 12.6 Å². The number of hydrogen-bond donors (Lipinski definition) is 1. The molecule has 0 aliphatic carbocycles. The third-order valence-corrected chi connectivity index (χ3v) is 4.75. The van der Waals surface area contributed by atoms with Crippen molar-refractivity contribution in [1.82, 2.24) is 5.32 Å². The Morgan fingerprint density at radius 3 is 1.72 bits per heavy atom. The summed E-state index contributed by atoms with van der Waals surface area (Å²) in [5.74, 6) is -1.89. The van der Waals surface area contributed by atoms with Crippen LogP contribution in [0.3, 0.4) is 0 Å². The Hall–Kier alpha value is -2.64. The maximum absolute atomic E-state index is 13.2. The molecule has 0 spiro atoms. The largest absolute Gasteiger partial charge is 0.460 e. The summed E-state index contributed by atoms with van der Waals surface area (Å²) in [4.78, 5) is 38.7. The van der Waals surface area contributed by atoms with Gasteiger partial charge in [-0.05, 0) is 99.1 Å². The minimum Gasteiger partial charge on any atom is -0.460 e. The molecule has 0 aliphatic heterocycles. The van der Waals surface area contributed by atoms with Gasteiger partial charge < -0.3 is 19.5 Å². The SMILES string of the molecule is CC(C)(C)OC(=O)NC(CC(Cc1ccc(CCCF)cc1)C(=O)OC(C)(C)C)C(=O)OC(C)(C)C. The summed E-state index contributed by atoms with van der Waals surface area (Å²) < 4.78 is 29.0. The zero-order valence-corrected chi connectivity index (χ0v) is 23.3. The number of alkyl halides is 1. The van der Waals surface area contributed by atoms with Crippen LogP contribution < -0.4 is 5.32 Å². The van der Waals surface area contributed by atoms with Crippen LogP contribution in [0.15, 0.2) is 24.3 Å². The van der Waals surface area contributed by atoms with E-state index in [1.165, 1.54) is 0 Å². The maximum atomic E-state index is 13.2. The average Bonchev–Trinajstić information content (AvgIpc) is 2.68. The number of esters is 2. The van der Waals surface area contributed by atoms with Crippen LogP contribution in [0.5, 0.6) is 0 Å². The fraction of sp³-hybridized carbons (Fsp3) is 0.679. The molecule has 0 bridgehead atoms. The zero-order valence-electron chi connectivity index (χ0n) is 23.3. The van der Waals surface area contributed by atoms with E-state index in [-0.39, 0.29) is 19.5 Å². The second-order valence-corrected chi connectivity index (χ2v) is 12.0. The maximum Gasteiger partial charge on any atom is 0.408 e. The number of rotatable bonds is 10. The van der Waals surface area contributed by atoms with Crippen LogP contribution in [0.1, 0.15) is 86.3 Å². The molecule has 0 radical (unpaired) electrons. The molecule has 8 heteroatoms. The highest BCUT2D eigenvalue weighted by Gasteiger charge is 2.35. The Morgan fingerprint density at radius 2 is 1.25 bits per heavy atom. The summed E-state index contributed by atoms with van der Waals surface area (Å²) >= 11 is 0. The van der Waals surface area contributed by atoms with E-state index in [4.69, 9.17) is 14.2 Å². The average molecular weight is 510 g/mol. The fourth-order valence-corrected chi connectivity index (χ4v) is 3.37. The number of carbonyl (C=O) groups excluding carboxylic acids is 3. The van der Waals surface area contributed by atoms with Crippen molar-refractivity contribution in [2.75, 3.05) is 6.67 Å². The van der Waals surface area contributed by atoms with Crippen LogP contribution in [-0.2, 0) is 36.6 Å². The first-order chi connectivity index (χ1) is 16.4. The smallest absolute Gasteiger partial charge is 0.408 e. The summed E-state index contributed by atoms with van der Waals surface area (Å²) in [6.45, 7) is 15.3. The molecule has 1 amide bonds. The number of nitrogens with one attached hydrogen (secondary N) is 1. The van der Waals surface area contributed by atoms with Crippen LogP contribution >= 0.6 is 0 Å². The quantitative estimate of drug-likeness (QED) is 0.321. The molecule has 2 atom stereocenters. The Kier molecular flexibility index (Phi) is 11.4. The molecule has 0 aromatic heterocycles. The summed E-state index contributed by atoms with van der Waals surface area (Å²) in [5.41, 5.74) is -0.428. The van der Waals surface area contributed by atoms with Crippen LogP contribution in [0, 0.1) is 5.92 Å². The summed E-state index contributed by atoms with van der Waals surface area (Å²) in [6, 6.07) is 6.45. The van der Waals surface area contributed by atoms with Crippen molar-refractivity contribution < 1.29 is 33.0 Å². The lowest BCUT2D eigenvalue weighted by Gasteiger charge is -2.29. The predicted molar refractivity (Wildman–Crippen MR) is 137 cm³/mol. The van der Waals surface area contributed by atoms with E-state index in [0.717, 1.165) is 11.1 Å². The second kappa shape index (κ2) is 13.1. The van der Waals surface area contributed by atoms with E-state index in [0.29, 0.717) is 12.8 Å². The van der Waals surface area contributed by atoms with Gasteiger partial charge >= 0.3 is 18.0 Å². The number of benzene rings is 1. The number of carbonyl (C=O) groups is 3. The molecule has 0 fully saturated rings. The minimum atomic E-state index is -1.12. The topological polar surface area (TPSA) is 90.9 Å². The summed E-state index contributed by atoms with van der Waals surface area (Å²) in [7, 11) is 0. The number of alkyl carbamates (subject to hydrolysis) is 1. The number of halogens is 1. The Bertz CT molecular complexity index is 862. The lowest BCUT2D eigenvalue weighted by molar-refractivity contribution is -0.162. The molecule has 36 heavy (non-hydrogen) atoms. The number of amides is 1. The molecule has 7 nitrogen and oxygen atoms in total. The van der Waals surface area contributed by atoms with Gasteiger partial charge in [0.2, 0.25) is 0 Å². The van der Waals surface area contributed by atoms with Gasteiger partial charge in [-0.3, -0.25) is 9.18 Å². The highest BCUT2D eigenvalue weighted by atomic mass is 19.1. The summed E-state index contributed by atoms with van der Waals surface area (Å²) in [5, 5.41) is 2.58. The van der Waals surface area contributed by atoms with Crippen molar-refractivity contribution in [3.05, 3.63) is 35.4 Å². The van der Waals surface area contributed by atoms with Crippen LogP contribution in [0.25, 0.3) is 0 Å². The first kappa shape index (κ1) is 31.4. The standard InChI is InChI=1S/C28H44FNO6/c1-26(2,3)34-23(31)21(17-20-14-12-19(13-15-20)11-10-16-29)18-22(24(32)35-27(4,5)6)30-25(33)36-28(7,8)9/h12-15,21-22H,10-11,16-18H2,1-9H3,(H,30,33). The van der Waals surface area contributed by atoms with Gasteiger partial charge in [-0.25, -0.2) is 9.59 Å². The normalized spacial score (nSPS) is 13.9. The number of ether oxygens (including phenoxy) is 3. The van der Waals surface area contributed by atoms with E-state index in [2.05, 4.69) is 5.32 Å². The molecule has 1 aromatic rings. The lowest BCUT2D eigenvalue weighted by atomic mass is 9.91. The van der Waals surface area contributed by atoms with Gasteiger partial charge in [0.25, 0.3) is 0 Å². The Balaban J connectivity index is 3.21. The molecule has 1 rings (SSSR count). The molecule has 0 aliphatic rings. The van der Waals surface area contributed by atoms with E-state index < -0.39 is 46.8 Å². The molecule has 204 valence electrons. The predicted octanol–water partition coefficient (Wildman–Crippen LogP) is 5.71. The molecular formula is C28H44FNO6. The first-order valence-corrected chi connectivity index (χ1v) is 12.5. The van der Waals surface area contributed by atoms with Gasteiger partial charge in [0.1, 0.15) is 22.8 Å². The van der Waals surface area contributed by atoms with Crippen LogP contribution in [-0.4, -0.2) is 47.6 Å². The van der Waals surface area contributed by atoms with Crippen molar-refractivity contribution in [1.29, 1.82) is 0 Å². The molecule has 0 saturated carbocycles. The highest BCUT2D eigenvalue weighted by molar-refractivity contribution is 5.83. The zero-order chi connectivity index (χ0) is 27.7. The van der Waals surface area contributed by atoms with E-state index in [1.807, 2.05) is 24.3 Å². The lowest BCUT2D eigenvalue weighted by Crippen LogP contribution is -2.48. The van der Waals surface area contributed by atoms with Crippen LogP contribution in [0.2, 0.25) is 0 Å². The van der Waals surface area contributed by atoms with Gasteiger partial charge in [-0.1, -0.05) is 24.3 Å². The highest BCUT2D eigenvalue weighted by Crippen LogP contribution is 2.22. The monoisotopic (exact) mass is 509 g/mol. The van der Waals surface area contributed by atoms with E-state index >= 15 is 0 Å². The van der Waals surface area contributed by atoms with Crippen molar-refractivity contribution in [2.45, 2.75) is 111 Å². The molecule has 2 unspecified atom stereocenters. The van der Waals surface area contributed by atoms with E-state index in [1.54, 1.807) is 62.3 Å². The first-order valence-electron chi connectivity index (χ1n) is 12.5. The fourth-order valence-electron chi connectivity index (χ4n) is 3.37. The summed E-state index contributed by atoms with van der Waals surface area (Å²) in [6.07, 6.45) is 0.555.